The van der Waals surface area contributed by atoms with Crippen molar-refractivity contribution < 1.29 is 0 Å². The van der Waals surface area contributed by atoms with Gasteiger partial charge in [-0.15, -0.1) is 0 Å². The lowest BCUT2D eigenvalue weighted by Gasteiger charge is -2.17. The molecular formula is C10H16N4OS. The molecule has 1 aromatic rings. The first kappa shape index (κ1) is 12.6. The summed E-state index contributed by atoms with van der Waals surface area (Å²) in [6.07, 6.45) is 2.67. The highest BCUT2D eigenvalue weighted by Gasteiger charge is 2.04. The second kappa shape index (κ2) is 5.60. The summed E-state index contributed by atoms with van der Waals surface area (Å²) in [7, 11) is 1.93. The van der Waals surface area contributed by atoms with Gasteiger partial charge in [-0.1, -0.05) is 19.1 Å². The van der Waals surface area contributed by atoms with Gasteiger partial charge in [0.05, 0.1) is 23.4 Å². The summed E-state index contributed by atoms with van der Waals surface area (Å²) >= 11 is 4.73. The highest BCUT2D eigenvalue weighted by atomic mass is 32.1. The minimum absolute atomic E-state index is 0.186. The molecule has 0 amide bonds. The molecule has 0 aromatic carbocycles. The third kappa shape index (κ3) is 3.30. The van der Waals surface area contributed by atoms with Gasteiger partial charge in [0.25, 0.3) is 5.56 Å². The number of nitrogens with zero attached hydrogens (tertiary/aromatic N) is 3. The summed E-state index contributed by atoms with van der Waals surface area (Å²) in [5.74, 6) is 0. The van der Waals surface area contributed by atoms with Crippen molar-refractivity contribution in [2.75, 3.05) is 18.5 Å². The van der Waals surface area contributed by atoms with Crippen molar-refractivity contribution in [1.29, 1.82) is 0 Å². The lowest BCUT2D eigenvalue weighted by Crippen LogP contribution is -2.30. The summed E-state index contributed by atoms with van der Waals surface area (Å²) in [5.41, 5.74) is 5.98. The maximum Gasteiger partial charge on any atom is 0.269 e. The molecule has 0 saturated heterocycles. The zero-order chi connectivity index (χ0) is 12.1. The fourth-order valence-corrected chi connectivity index (χ4v) is 1.49. The lowest BCUT2D eigenvalue weighted by molar-refractivity contribution is 0.668. The maximum atomic E-state index is 11.6. The van der Waals surface area contributed by atoms with Crippen LogP contribution in [0.15, 0.2) is 17.1 Å². The molecule has 0 fully saturated rings. The molecule has 16 heavy (non-hydrogen) atoms. The second-order valence-corrected chi connectivity index (χ2v) is 4.12. The van der Waals surface area contributed by atoms with E-state index in [1.807, 2.05) is 11.9 Å². The molecule has 5 nitrogen and oxygen atoms in total. The van der Waals surface area contributed by atoms with E-state index in [2.05, 4.69) is 12.0 Å². The zero-order valence-electron chi connectivity index (χ0n) is 9.51. The molecule has 0 aliphatic carbocycles. The molecule has 0 aliphatic rings. The molecule has 0 bridgehead atoms. The molecule has 6 heteroatoms. The Balaban J connectivity index is 2.90. The van der Waals surface area contributed by atoms with Gasteiger partial charge < -0.3 is 10.6 Å². The van der Waals surface area contributed by atoms with E-state index in [0.717, 1.165) is 18.7 Å². The van der Waals surface area contributed by atoms with E-state index in [4.69, 9.17) is 18.0 Å². The molecule has 0 unspecified atom stereocenters. The molecule has 1 rings (SSSR count). The van der Waals surface area contributed by atoms with Crippen molar-refractivity contribution >= 4 is 22.9 Å². The quantitative estimate of drug-likeness (QED) is 0.754. The molecule has 0 atom stereocenters. The fraction of sp³-hybridized carbons (Fsp3) is 0.500. The number of anilines is 1. The monoisotopic (exact) mass is 240 g/mol. The van der Waals surface area contributed by atoms with Crippen LogP contribution in [0.1, 0.15) is 13.3 Å². The Morgan fingerprint density at radius 1 is 1.69 bits per heavy atom. The molecular weight excluding hydrogens is 224 g/mol. The number of nitrogens with two attached hydrogens (primary N) is 1. The summed E-state index contributed by atoms with van der Waals surface area (Å²) in [5, 5.41) is 4.02. The number of hydrogen-bond donors (Lipinski definition) is 1. The van der Waals surface area contributed by atoms with Gasteiger partial charge in [-0.2, -0.15) is 5.10 Å². The average molecular weight is 240 g/mol. The predicted molar refractivity (Wildman–Crippen MR) is 68.8 cm³/mol. The van der Waals surface area contributed by atoms with Crippen LogP contribution in [0.25, 0.3) is 0 Å². The second-order valence-electron chi connectivity index (χ2n) is 3.60. The van der Waals surface area contributed by atoms with E-state index < -0.39 is 0 Å². The van der Waals surface area contributed by atoms with Crippen LogP contribution in [0.3, 0.4) is 0 Å². The summed E-state index contributed by atoms with van der Waals surface area (Å²) in [6, 6.07) is 1.54. The summed E-state index contributed by atoms with van der Waals surface area (Å²) in [4.78, 5) is 13.9. The van der Waals surface area contributed by atoms with Crippen molar-refractivity contribution in [3.05, 3.63) is 22.6 Å². The standard InChI is InChI=1S/C10H16N4OS/c1-3-4-13(2)8-5-10(15)14(12-6-8)7-9(11)16/h5-6H,3-4,7H2,1-2H3,(H2,11,16). The Labute approximate surface area is 99.9 Å². The summed E-state index contributed by atoms with van der Waals surface area (Å²) in [6.45, 7) is 3.16. The number of rotatable bonds is 5. The van der Waals surface area contributed by atoms with Gasteiger partial charge in [0.2, 0.25) is 0 Å². The Morgan fingerprint density at radius 2 is 2.38 bits per heavy atom. The van der Waals surface area contributed by atoms with Crippen LogP contribution in [0, 0.1) is 0 Å². The van der Waals surface area contributed by atoms with E-state index >= 15 is 0 Å². The minimum atomic E-state index is -0.187. The van der Waals surface area contributed by atoms with E-state index in [9.17, 15) is 4.79 Å². The van der Waals surface area contributed by atoms with Gasteiger partial charge in [0.1, 0.15) is 0 Å². The van der Waals surface area contributed by atoms with Gasteiger partial charge >= 0.3 is 0 Å². The van der Waals surface area contributed by atoms with Crippen LogP contribution in [-0.4, -0.2) is 28.4 Å². The minimum Gasteiger partial charge on any atom is -0.392 e. The Morgan fingerprint density at radius 3 is 2.88 bits per heavy atom. The van der Waals surface area contributed by atoms with E-state index in [1.165, 1.54) is 4.68 Å². The molecule has 1 aromatic heterocycles. The van der Waals surface area contributed by atoms with Crippen molar-refractivity contribution in [1.82, 2.24) is 9.78 Å². The summed E-state index contributed by atoms with van der Waals surface area (Å²) < 4.78 is 1.26. The van der Waals surface area contributed by atoms with Crippen molar-refractivity contribution in [2.24, 2.45) is 5.73 Å². The topological polar surface area (TPSA) is 64.2 Å². The largest absolute Gasteiger partial charge is 0.392 e. The Bertz CT molecular complexity index is 429. The average Bonchev–Trinajstić information content (AvgIpc) is 2.20. The highest BCUT2D eigenvalue weighted by Crippen LogP contribution is 2.06. The maximum absolute atomic E-state index is 11.6. The van der Waals surface area contributed by atoms with Crippen molar-refractivity contribution in [3.8, 4) is 0 Å². The third-order valence-corrected chi connectivity index (χ3v) is 2.29. The van der Waals surface area contributed by atoms with Crippen molar-refractivity contribution in [2.45, 2.75) is 19.9 Å². The van der Waals surface area contributed by atoms with Crippen LogP contribution in [-0.2, 0) is 6.54 Å². The molecule has 0 aliphatic heterocycles. The zero-order valence-corrected chi connectivity index (χ0v) is 10.3. The Kier molecular flexibility index (Phi) is 4.42. The number of thiocarbonyl (C=S) groups is 1. The molecule has 2 N–H and O–H groups in total. The van der Waals surface area contributed by atoms with Crippen LogP contribution < -0.4 is 16.2 Å². The van der Waals surface area contributed by atoms with Crippen molar-refractivity contribution in [3.63, 3.8) is 0 Å². The molecule has 1 heterocycles. The first-order valence-corrected chi connectivity index (χ1v) is 5.52. The van der Waals surface area contributed by atoms with Crippen LogP contribution in [0.5, 0.6) is 0 Å². The smallest absolute Gasteiger partial charge is 0.269 e. The molecule has 0 spiro atoms. The van der Waals surface area contributed by atoms with Crippen LogP contribution >= 0.6 is 12.2 Å². The number of aromatic nitrogens is 2. The molecule has 0 radical (unpaired) electrons. The van der Waals surface area contributed by atoms with Gasteiger partial charge in [0.15, 0.2) is 0 Å². The van der Waals surface area contributed by atoms with Gasteiger partial charge in [-0.3, -0.25) is 4.79 Å². The van der Waals surface area contributed by atoms with Gasteiger partial charge in [-0.25, -0.2) is 4.68 Å². The molecule has 0 saturated carbocycles. The predicted octanol–water partition coefficient (Wildman–Crippen LogP) is 0.376. The fourth-order valence-electron chi connectivity index (χ4n) is 1.36. The number of hydrogen-bond acceptors (Lipinski definition) is 4. The molecule has 88 valence electrons. The van der Waals surface area contributed by atoms with Crippen LogP contribution in [0.2, 0.25) is 0 Å². The highest BCUT2D eigenvalue weighted by molar-refractivity contribution is 7.80. The first-order valence-electron chi connectivity index (χ1n) is 5.11. The Hall–Kier alpha value is -1.43. The van der Waals surface area contributed by atoms with Crippen LogP contribution in [0.4, 0.5) is 5.69 Å². The van der Waals surface area contributed by atoms with E-state index in [1.54, 1.807) is 12.3 Å². The normalized spacial score (nSPS) is 10.1. The first-order chi connectivity index (χ1) is 7.54. The van der Waals surface area contributed by atoms with Gasteiger partial charge in [0, 0.05) is 19.7 Å². The van der Waals surface area contributed by atoms with E-state index in [-0.39, 0.29) is 17.1 Å². The SMILES string of the molecule is CCCN(C)c1cnn(CC(N)=S)c(=O)c1. The third-order valence-electron chi connectivity index (χ3n) is 2.16. The lowest BCUT2D eigenvalue weighted by atomic mass is 10.3. The van der Waals surface area contributed by atoms with E-state index in [0.29, 0.717) is 0 Å². The van der Waals surface area contributed by atoms with Gasteiger partial charge in [-0.05, 0) is 6.42 Å².